The van der Waals surface area contributed by atoms with E-state index in [9.17, 15) is 19.8 Å². The predicted octanol–water partition coefficient (Wildman–Crippen LogP) is 10.8. The number of ether oxygens (including phenoxy) is 2. The van der Waals surface area contributed by atoms with Crippen LogP contribution in [0.5, 0.6) is 0 Å². The number of aliphatic hydroxyl groups excluding tert-OH is 2. The van der Waals surface area contributed by atoms with Gasteiger partial charge in [0.2, 0.25) is 0 Å². The highest BCUT2D eigenvalue weighted by molar-refractivity contribution is 5.69. The Labute approximate surface area is 289 Å². The number of aliphatic hydroxyl groups is 2. The van der Waals surface area contributed by atoms with Gasteiger partial charge in [-0.1, -0.05) is 172 Å². The van der Waals surface area contributed by atoms with Crippen molar-refractivity contribution in [3.8, 4) is 0 Å². The third-order valence-electron chi connectivity index (χ3n) is 8.17. The summed E-state index contributed by atoms with van der Waals surface area (Å²) in [5, 5.41) is 19.8. The fraction of sp³-hybridized carbons (Fsp3) is 0.756. The van der Waals surface area contributed by atoms with Crippen LogP contribution in [0.15, 0.2) is 48.6 Å². The smallest absolute Gasteiger partial charge is 0.305 e. The first-order valence-corrected chi connectivity index (χ1v) is 19.3. The maximum atomic E-state index is 11.9. The molecule has 6 nitrogen and oxygen atoms in total. The van der Waals surface area contributed by atoms with Gasteiger partial charge in [-0.15, -0.1) is 0 Å². The van der Waals surface area contributed by atoms with Gasteiger partial charge in [0, 0.05) is 12.8 Å². The van der Waals surface area contributed by atoms with E-state index in [1.54, 1.807) is 0 Å². The van der Waals surface area contributed by atoms with Crippen molar-refractivity contribution in [1.29, 1.82) is 0 Å². The maximum absolute atomic E-state index is 11.9. The zero-order chi connectivity index (χ0) is 34.5. The van der Waals surface area contributed by atoms with Gasteiger partial charge in [0.05, 0.1) is 6.10 Å². The maximum Gasteiger partial charge on any atom is 0.305 e. The van der Waals surface area contributed by atoms with Crippen molar-refractivity contribution in [3.05, 3.63) is 48.6 Å². The molecule has 0 bridgehead atoms. The molecule has 6 heteroatoms. The molecule has 0 amide bonds. The van der Waals surface area contributed by atoms with Crippen LogP contribution in [0.2, 0.25) is 0 Å². The van der Waals surface area contributed by atoms with Crippen molar-refractivity contribution in [2.24, 2.45) is 0 Å². The number of rotatable bonds is 34. The second-order valence-corrected chi connectivity index (χ2v) is 12.9. The van der Waals surface area contributed by atoms with Gasteiger partial charge in [-0.25, -0.2) is 0 Å². The molecule has 47 heavy (non-hydrogen) atoms. The van der Waals surface area contributed by atoms with Crippen molar-refractivity contribution in [3.63, 3.8) is 0 Å². The Hall–Kier alpha value is -2.18. The van der Waals surface area contributed by atoms with Gasteiger partial charge in [-0.2, -0.15) is 0 Å². The van der Waals surface area contributed by atoms with Crippen LogP contribution in [-0.2, 0) is 19.1 Å². The zero-order valence-corrected chi connectivity index (χ0v) is 30.4. The summed E-state index contributed by atoms with van der Waals surface area (Å²) in [6, 6.07) is 0. The van der Waals surface area contributed by atoms with E-state index < -0.39 is 6.10 Å². The predicted molar refractivity (Wildman–Crippen MR) is 197 cm³/mol. The molecular formula is C41H72O6. The Kier molecular flexibility index (Phi) is 35.0. The average molecular weight is 661 g/mol. The van der Waals surface area contributed by atoms with Gasteiger partial charge in [0.1, 0.15) is 19.3 Å². The first-order valence-electron chi connectivity index (χ1n) is 19.3. The SMILES string of the molecule is CCCCCCCCCCCCCCCCCC(=O)OC[C@H](O)COC(=O)CCC/C=C\C/C=C\C/C=C\C=C\[C@H](O)CCCCC. The largest absolute Gasteiger partial charge is 0.463 e. The highest BCUT2D eigenvalue weighted by atomic mass is 16.6. The zero-order valence-electron chi connectivity index (χ0n) is 30.4. The molecule has 2 atom stereocenters. The van der Waals surface area contributed by atoms with Crippen molar-refractivity contribution in [2.75, 3.05) is 13.2 Å². The first kappa shape index (κ1) is 44.8. The monoisotopic (exact) mass is 661 g/mol. The van der Waals surface area contributed by atoms with E-state index in [1.165, 1.54) is 83.5 Å². The summed E-state index contributed by atoms with van der Waals surface area (Å²) < 4.78 is 10.3. The van der Waals surface area contributed by atoms with E-state index in [2.05, 4.69) is 44.2 Å². The molecular weight excluding hydrogens is 588 g/mol. The lowest BCUT2D eigenvalue weighted by molar-refractivity contribution is -0.152. The Balaban J connectivity index is 3.58. The van der Waals surface area contributed by atoms with Crippen LogP contribution < -0.4 is 0 Å². The van der Waals surface area contributed by atoms with Crippen LogP contribution in [0.4, 0.5) is 0 Å². The van der Waals surface area contributed by atoms with E-state index in [1.807, 2.05) is 18.2 Å². The standard InChI is InChI=1S/C41H72O6/c1-3-5-7-8-9-10-11-12-13-14-17-20-23-26-30-34-40(44)46-36-39(43)37-47-41(45)35-31-27-24-21-18-15-16-19-22-25-29-33-38(42)32-28-6-4-2/h15-16,21-22,24-25,29,33,38-39,42-43H,3-14,17-20,23,26-28,30-32,34-37H2,1-2H3/b16-15-,24-21-,25-22-,33-29+/t38-,39+/m1/s1. The second kappa shape index (κ2) is 36.7. The van der Waals surface area contributed by atoms with Crippen molar-refractivity contribution in [2.45, 2.75) is 187 Å². The lowest BCUT2D eigenvalue weighted by Crippen LogP contribution is -2.25. The number of hydrogen-bond donors (Lipinski definition) is 2. The van der Waals surface area contributed by atoms with E-state index in [4.69, 9.17) is 9.47 Å². The van der Waals surface area contributed by atoms with Gasteiger partial charge in [-0.3, -0.25) is 9.59 Å². The summed E-state index contributed by atoms with van der Waals surface area (Å²) in [6.07, 6.45) is 42.1. The number of carbonyl (C=O) groups excluding carboxylic acids is 2. The molecule has 0 heterocycles. The molecule has 0 fully saturated rings. The summed E-state index contributed by atoms with van der Waals surface area (Å²) in [5.74, 6) is -0.652. The molecule has 0 aromatic carbocycles. The number of unbranched alkanes of at least 4 members (excludes halogenated alkanes) is 17. The van der Waals surface area contributed by atoms with Gasteiger partial charge in [0.25, 0.3) is 0 Å². The fourth-order valence-electron chi connectivity index (χ4n) is 5.19. The molecule has 0 aromatic rings. The first-order chi connectivity index (χ1) is 23.0. The Morgan fingerprint density at radius 3 is 1.53 bits per heavy atom. The number of allylic oxidation sites excluding steroid dienone is 7. The van der Waals surface area contributed by atoms with E-state index in [0.29, 0.717) is 12.8 Å². The van der Waals surface area contributed by atoms with Gasteiger partial charge in [0.15, 0.2) is 0 Å². The molecule has 0 rings (SSSR count). The molecule has 0 spiro atoms. The van der Waals surface area contributed by atoms with Crippen LogP contribution in [-0.4, -0.2) is 47.6 Å². The van der Waals surface area contributed by atoms with E-state index >= 15 is 0 Å². The Morgan fingerprint density at radius 1 is 0.532 bits per heavy atom. The number of esters is 2. The van der Waals surface area contributed by atoms with Gasteiger partial charge < -0.3 is 19.7 Å². The van der Waals surface area contributed by atoms with Crippen molar-refractivity contribution in [1.82, 2.24) is 0 Å². The van der Waals surface area contributed by atoms with Crippen LogP contribution >= 0.6 is 0 Å². The van der Waals surface area contributed by atoms with E-state index in [-0.39, 0.29) is 37.7 Å². The summed E-state index contributed by atoms with van der Waals surface area (Å²) in [6.45, 7) is 4.12. The van der Waals surface area contributed by atoms with Crippen LogP contribution in [0.1, 0.15) is 174 Å². The van der Waals surface area contributed by atoms with Crippen molar-refractivity contribution < 1.29 is 29.3 Å². The third kappa shape index (κ3) is 36.5. The molecule has 0 aliphatic carbocycles. The van der Waals surface area contributed by atoms with Crippen LogP contribution in [0.3, 0.4) is 0 Å². The molecule has 0 unspecified atom stereocenters. The number of carbonyl (C=O) groups is 2. The molecule has 0 aromatic heterocycles. The normalized spacial score (nSPS) is 13.4. The summed E-state index contributed by atoms with van der Waals surface area (Å²) >= 11 is 0. The average Bonchev–Trinajstić information content (AvgIpc) is 3.06. The summed E-state index contributed by atoms with van der Waals surface area (Å²) in [4.78, 5) is 23.9. The Bertz CT molecular complexity index is 815. The van der Waals surface area contributed by atoms with Gasteiger partial charge in [-0.05, 0) is 38.5 Å². The minimum Gasteiger partial charge on any atom is -0.463 e. The molecule has 0 radical (unpaired) electrons. The summed E-state index contributed by atoms with van der Waals surface area (Å²) in [7, 11) is 0. The van der Waals surface area contributed by atoms with E-state index in [0.717, 1.165) is 57.8 Å². The second-order valence-electron chi connectivity index (χ2n) is 12.9. The lowest BCUT2D eigenvalue weighted by Gasteiger charge is -2.12. The minimum atomic E-state index is -0.997. The molecule has 2 N–H and O–H groups in total. The van der Waals surface area contributed by atoms with Crippen molar-refractivity contribution >= 4 is 11.9 Å². The molecule has 0 saturated carbocycles. The highest BCUT2D eigenvalue weighted by Gasteiger charge is 2.12. The Morgan fingerprint density at radius 2 is 0.979 bits per heavy atom. The van der Waals surface area contributed by atoms with Gasteiger partial charge >= 0.3 is 11.9 Å². The third-order valence-corrected chi connectivity index (χ3v) is 8.17. The quantitative estimate of drug-likeness (QED) is 0.0309. The number of hydrogen-bond acceptors (Lipinski definition) is 6. The molecule has 0 aliphatic heterocycles. The topological polar surface area (TPSA) is 93.1 Å². The molecule has 272 valence electrons. The minimum absolute atomic E-state index is 0.143. The summed E-state index contributed by atoms with van der Waals surface area (Å²) in [5.41, 5.74) is 0. The van der Waals surface area contributed by atoms with Crippen LogP contribution in [0.25, 0.3) is 0 Å². The lowest BCUT2D eigenvalue weighted by atomic mass is 10.0. The van der Waals surface area contributed by atoms with Crippen LogP contribution in [0, 0.1) is 0 Å². The highest BCUT2D eigenvalue weighted by Crippen LogP contribution is 2.14. The fourth-order valence-corrected chi connectivity index (χ4v) is 5.19. The molecule has 0 saturated heterocycles. The molecule has 0 aliphatic rings.